The van der Waals surface area contributed by atoms with Crippen LogP contribution in [-0.4, -0.2) is 28.2 Å². The van der Waals surface area contributed by atoms with Crippen molar-refractivity contribution >= 4 is 40.8 Å². The van der Waals surface area contributed by atoms with Gasteiger partial charge in [0, 0.05) is 28.9 Å². The Morgan fingerprint density at radius 1 is 1.10 bits per heavy atom. The fraction of sp³-hybridized carbons (Fsp3) is 0.136. The highest BCUT2D eigenvalue weighted by Crippen LogP contribution is 2.26. The van der Waals surface area contributed by atoms with Gasteiger partial charge >= 0.3 is 0 Å². The molecule has 0 radical (unpaired) electrons. The third-order valence-electron chi connectivity index (χ3n) is 4.36. The van der Waals surface area contributed by atoms with E-state index in [4.69, 9.17) is 0 Å². The van der Waals surface area contributed by atoms with Gasteiger partial charge in [0.15, 0.2) is 5.13 Å². The third kappa shape index (κ3) is 5.45. The van der Waals surface area contributed by atoms with E-state index < -0.39 is 5.91 Å². The summed E-state index contributed by atoms with van der Waals surface area (Å²) in [6.07, 6.45) is 6.51. The highest BCUT2D eigenvalue weighted by atomic mass is 32.1. The second kappa shape index (κ2) is 9.71. The van der Waals surface area contributed by atoms with Gasteiger partial charge in [0.2, 0.25) is 18.2 Å². The highest BCUT2D eigenvalue weighted by molar-refractivity contribution is 7.15. The summed E-state index contributed by atoms with van der Waals surface area (Å²) in [4.78, 5) is 43.6. The maximum absolute atomic E-state index is 12.6. The Kier molecular flexibility index (Phi) is 6.82. The van der Waals surface area contributed by atoms with Gasteiger partial charge in [-0.15, -0.1) is 11.3 Å². The van der Waals surface area contributed by atoms with Crippen molar-refractivity contribution in [1.82, 2.24) is 15.3 Å². The number of amides is 3. The highest BCUT2D eigenvalue weighted by Gasteiger charge is 2.17. The van der Waals surface area contributed by atoms with Crippen molar-refractivity contribution in [1.29, 1.82) is 0 Å². The number of nitrogens with one attached hydrogen (secondary N) is 2. The monoisotopic (exact) mass is 420 g/mol. The van der Waals surface area contributed by atoms with Crippen molar-refractivity contribution in [2.75, 3.05) is 5.32 Å². The summed E-state index contributed by atoms with van der Waals surface area (Å²) in [6, 6.07) is 11.4. The molecule has 0 saturated heterocycles. The molecule has 0 bridgehead atoms. The SMILES string of the molecule is Cc1cnc(NC(=O)C(C)c2cccc(-c3ccc(C=CC(=O)NC=O)nc3)c2)s1. The zero-order chi connectivity index (χ0) is 21.5. The Labute approximate surface area is 177 Å². The second-order valence-electron chi connectivity index (χ2n) is 6.54. The van der Waals surface area contributed by atoms with Gasteiger partial charge in [-0.25, -0.2) is 4.98 Å². The van der Waals surface area contributed by atoms with Crippen molar-refractivity contribution in [3.8, 4) is 11.1 Å². The van der Waals surface area contributed by atoms with Crippen LogP contribution in [0.3, 0.4) is 0 Å². The maximum Gasteiger partial charge on any atom is 0.250 e. The zero-order valence-electron chi connectivity index (χ0n) is 16.5. The predicted molar refractivity (Wildman–Crippen MR) is 117 cm³/mol. The van der Waals surface area contributed by atoms with Crippen LogP contribution in [0.15, 0.2) is 54.9 Å². The standard InChI is InChI=1S/C22H20N4O3S/c1-14-11-24-22(30-14)26-21(29)15(2)16-4-3-5-17(10-16)18-6-7-19(23-12-18)8-9-20(28)25-13-27/h3-13,15H,1-2H3,(H,24,26,29)(H,25,27,28). The van der Waals surface area contributed by atoms with Crippen molar-refractivity contribution in [3.63, 3.8) is 0 Å². The number of pyridine rings is 1. The minimum atomic E-state index is -0.510. The van der Waals surface area contributed by atoms with Crippen molar-refractivity contribution in [2.24, 2.45) is 0 Å². The molecule has 2 aromatic heterocycles. The molecule has 1 atom stereocenters. The molecule has 152 valence electrons. The smallest absolute Gasteiger partial charge is 0.250 e. The van der Waals surface area contributed by atoms with Gasteiger partial charge in [-0.3, -0.25) is 24.7 Å². The quantitative estimate of drug-likeness (QED) is 0.450. The van der Waals surface area contributed by atoms with Crippen LogP contribution in [-0.2, 0) is 14.4 Å². The normalized spacial score (nSPS) is 11.8. The first-order valence-electron chi connectivity index (χ1n) is 9.18. The van der Waals surface area contributed by atoms with Crippen LogP contribution in [0.2, 0.25) is 0 Å². The molecule has 0 aliphatic rings. The molecule has 0 spiro atoms. The fourth-order valence-electron chi connectivity index (χ4n) is 2.71. The van der Waals surface area contributed by atoms with Gasteiger partial charge in [-0.05, 0) is 37.1 Å². The van der Waals surface area contributed by atoms with Crippen LogP contribution in [0.4, 0.5) is 5.13 Å². The maximum atomic E-state index is 12.6. The topological polar surface area (TPSA) is 101 Å². The summed E-state index contributed by atoms with van der Waals surface area (Å²) >= 11 is 1.44. The number of rotatable bonds is 7. The third-order valence-corrected chi connectivity index (χ3v) is 5.19. The summed E-state index contributed by atoms with van der Waals surface area (Å²) in [5.74, 6) is -0.974. The molecule has 2 heterocycles. The molecule has 0 aliphatic carbocycles. The number of hydrogen-bond acceptors (Lipinski definition) is 6. The lowest BCUT2D eigenvalue weighted by Crippen LogP contribution is -2.18. The Morgan fingerprint density at radius 3 is 2.60 bits per heavy atom. The first-order valence-corrected chi connectivity index (χ1v) is 10.00. The van der Waals surface area contributed by atoms with Gasteiger partial charge in [-0.1, -0.05) is 30.3 Å². The lowest BCUT2D eigenvalue weighted by Gasteiger charge is -2.12. The van der Waals surface area contributed by atoms with E-state index in [0.29, 0.717) is 17.2 Å². The van der Waals surface area contributed by atoms with Crippen LogP contribution in [0, 0.1) is 6.92 Å². The van der Waals surface area contributed by atoms with Crippen LogP contribution in [0.5, 0.6) is 0 Å². The molecule has 0 aliphatic heterocycles. The number of imide groups is 1. The van der Waals surface area contributed by atoms with E-state index in [-0.39, 0.29) is 11.8 Å². The summed E-state index contributed by atoms with van der Waals surface area (Å²) in [5, 5.41) is 5.47. The molecule has 0 saturated carbocycles. The predicted octanol–water partition coefficient (Wildman–Crippen LogP) is 3.54. The van der Waals surface area contributed by atoms with E-state index in [1.165, 1.54) is 23.5 Å². The molecule has 3 amide bonds. The number of thiazole rings is 1. The second-order valence-corrected chi connectivity index (χ2v) is 7.78. The zero-order valence-corrected chi connectivity index (χ0v) is 17.3. The number of anilines is 1. The van der Waals surface area contributed by atoms with Crippen molar-refractivity contribution in [2.45, 2.75) is 19.8 Å². The number of carbonyl (C=O) groups excluding carboxylic acids is 3. The molecule has 2 N–H and O–H groups in total. The van der Waals surface area contributed by atoms with Gasteiger partial charge in [-0.2, -0.15) is 0 Å². The summed E-state index contributed by atoms with van der Waals surface area (Å²) in [6.45, 7) is 3.79. The average Bonchev–Trinajstić information content (AvgIpc) is 3.17. The van der Waals surface area contributed by atoms with Crippen molar-refractivity contribution in [3.05, 3.63) is 71.0 Å². The van der Waals surface area contributed by atoms with E-state index in [0.717, 1.165) is 21.6 Å². The molecular weight excluding hydrogens is 400 g/mol. The lowest BCUT2D eigenvalue weighted by atomic mass is 9.96. The number of aryl methyl sites for hydroxylation is 1. The molecular formula is C22H20N4O3S. The van der Waals surface area contributed by atoms with Gasteiger partial charge < -0.3 is 5.32 Å². The van der Waals surface area contributed by atoms with E-state index >= 15 is 0 Å². The Morgan fingerprint density at radius 2 is 1.93 bits per heavy atom. The molecule has 3 aromatic rings. The van der Waals surface area contributed by atoms with Crippen molar-refractivity contribution < 1.29 is 14.4 Å². The van der Waals surface area contributed by atoms with Crippen LogP contribution in [0.1, 0.15) is 29.0 Å². The lowest BCUT2D eigenvalue weighted by molar-refractivity contribution is -0.121. The largest absolute Gasteiger partial charge is 0.301 e. The minimum absolute atomic E-state index is 0.117. The van der Waals surface area contributed by atoms with E-state index in [1.54, 1.807) is 18.5 Å². The van der Waals surface area contributed by atoms with Gasteiger partial charge in [0.1, 0.15) is 0 Å². The van der Waals surface area contributed by atoms with E-state index in [9.17, 15) is 14.4 Å². The van der Waals surface area contributed by atoms with E-state index in [2.05, 4.69) is 15.3 Å². The van der Waals surface area contributed by atoms with E-state index in [1.807, 2.05) is 49.5 Å². The molecule has 1 aromatic carbocycles. The summed E-state index contributed by atoms with van der Waals surface area (Å²) < 4.78 is 0. The summed E-state index contributed by atoms with van der Waals surface area (Å²) in [5.41, 5.74) is 3.28. The minimum Gasteiger partial charge on any atom is -0.301 e. The fourth-order valence-corrected chi connectivity index (χ4v) is 3.37. The number of benzene rings is 1. The number of carbonyl (C=O) groups is 3. The Hall–Kier alpha value is -3.65. The number of hydrogen-bond donors (Lipinski definition) is 2. The van der Waals surface area contributed by atoms with Crippen LogP contribution in [0.25, 0.3) is 17.2 Å². The molecule has 1 unspecified atom stereocenters. The van der Waals surface area contributed by atoms with Crippen LogP contribution >= 0.6 is 11.3 Å². The van der Waals surface area contributed by atoms with Gasteiger partial charge in [0.25, 0.3) is 0 Å². The molecule has 7 nitrogen and oxygen atoms in total. The summed E-state index contributed by atoms with van der Waals surface area (Å²) in [7, 11) is 0. The Bertz CT molecular complexity index is 1090. The number of aromatic nitrogens is 2. The van der Waals surface area contributed by atoms with Gasteiger partial charge in [0.05, 0.1) is 11.6 Å². The Balaban J connectivity index is 1.72. The first-order chi connectivity index (χ1) is 14.5. The van der Waals surface area contributed by atoms with Crippen LogP contribution < -0.4 is 10.6 Å². The molecule has 3 rings (SSSR count). The number of nitrogens with zero attached hydrogens (tertiary/aromatic N) is 2. The average molecular weight is 420 g/mol. The molecule has 0 fully saturated rings. The first kappa shape index (κ1) is 21.1. The molecule has 30 heavy (non-hydrogen) atoms. The molecule has 8 heteroatoms.